The molecule has 9 nitrogen and oxygen atoms in total. The molecule has 120 valence electrons. The quantitative estimate of drug-likeness (QED) is 0.347. The molecule has 0 saturated carbocycles. The molecule has 0 rings (SSSR count). The predicted octanol–water partition coefficient (Wildman–Crippen LogP) is -1.48. The Morgan fingerprint density at radius 1 is 1.05 bits per heavy atom. The fourth-order valence-corrected chi connectivity index (χ4v) is 1.39. The molecular weight excluding hydrogens is 282 g/mol. The van der Waals surface area contributed by atoms with E-state index in [0.29, 0.717) is 0 Å². The van der Waals surface area contributed by atoms with E-state index in [1.807, 2.05) is 0 Å². The molecule has 0 radical (unpaired) electrons. The molecule has 0 saturated heterocycles. The number of rotatable bonds is 9. The van der Waals surface area contributed by atoms with Crippen LogP contribution in [0.1, 0.15) is 26.7 Å². The van der Waals surface area contributed by atoms with Crippen LogP contribution in [0.4, 0.5) is 0 Å². The van der Waals surface area contributed by atoms with E-state index in [4.69, 9.17) is 15.9 Å². The molecule has 9 heteroatoms. The van der Waals surface area contributed by atoms with Crippen molar-refractivity contribution in [2.75, 3.05) is 6.54 Å². The molecule has 0 aromatic rings. The second-order valence-corrected chi connectivity index (χ2v) is 4.87. The minimum absolute atomic E-state index is 0.155. The Morgan fingerprint density at radius 2 is 1.62 bits per heavy atom. The molecule has 0 aromatic heterocycles. The Morgan fingerprint density at radius 3 is 2.05 bits per heavy atom. The maximum absolute atomic E-state index is 11.8. The highest BCUT2D eigenvalue weighted by Gasteiger charge is 2.25. The zero-order chi connectivity index (χ0) is 16.6. The van der Waals surface area contributed by atoms with Crippen molar-refractivity contribution < 1.29 is 29.4 Å². The molecule has 6 N–H and O–H groups in total. The lowest BCUT2D eigenvalue weighted by Crippen LogP contribution is -2.53. The van der Waals surface area contributed by atoms with E-state index in [1.165, 1.54) is 0 Å². The highest BCUT2D eigenvalue weighted by atomic mass is 16.4. The van der Waals surface area contributed by atoms with Gasteiger partial charge in [0.05, 0.1) is 6.04 Å². The first-order valence-electron chi connectivity index (χ1n) is 6.42. The van der Waals surface area contributed by atoms with Crippen molar-refractivity contribution in [2.45, 2.75) is 38.8 Å². The van der Waals surface area contributed by atoms with Gasteiger partial charge < -0.3 is 26.6 Å². The molecule has 0 bridgehead atoms. The van der Waals surface area contributed by atoms with Crippen molar-refractivity contribution in [3.8, 4) is 0 Å². The van der Waals surface area contributed by atoms with Crippen LogP contribution in [0.15, 0.2) is 0 Å². The van der Waals surface area contributed by atoms with Crippen LogP contribution in [0.3, 0.4) is 0 Å². The summed E-state index contributed by atoms with van der Waals surface area (Å²) in [6, 6.07) is -1.98. The van der Waals surface area contributed by atoms with E-state index < -0.39 is 42.4 Å². The van der Waals surface area contributed by atoms with Crippen molar-refractivity contribution in [3.05, 3.63) is 0 Å². The van der Waals surface area contributed by atoms with Crippen molar-refractivity contribution in [3.63, 3.8) is 0 Å². The number of amides is 2. The molecule has 2 amide bonds. The first kappa shape index (κ1) is 18.8. The van der Waals surface area contributed by atoms with Crippen LogP contribution in [0.2, 0.25) is 0 Å². The third-order valence-corrected chi connectivity index (χ3v) is 2.71. The van der Waals surface area contributed by atoms with Gasteiger partial charge >= 0.3 is 11.9 Å². The van der Waals surface area contributed by atoms with Crippen LogP contribution in [0, 0.1) is 5.92 Å². The van der Waals surface area contributed by atoms with Gasteiger partial charge in [-0.1, -0.05) is 13.8 Å². The van der Waals surface area contributed by atoms with E-state index >= 15 is 0 Å². The van der Waals surface area contributed by atoms with E-state index in [1.54, 1.807) is 13.8 Å². The Kier molecular flexibility index (Phi) is 7.99. The summed E-state index contributed by atoms with van der Waals surface area (Å²) < 4.78 is 0. The molecule has 0 aliphatic carbocycles. The highest BCUT2D eigenvalue weighted by molar-refractivity contribution is 5.91. The number of hydrogen-bond donors (Lipinski definition) is 5. The Labute approximate surface area is 121 Å². The van der Waals surface area contributed by atoms with E-state index in [0.717, 1.165) is 0 Å². The summed E-state index contributed by atoms with van der Waals surface area (Å²) in [5.41, 5.74) is 5.63. The zero-order valence-electron chi connectivity index (χ0n) is 12.0. The molecule has 0 aliphatic heterocycles. The number of carbonyl (C=O) groups is 4. The fraction of sp³-hybridized carbons (Fsp3) is 0.667. The van der Waals surface area contributed by atoms with Gasteiger partial charge in [0.1, 0.15) is 12.6 Å². The van der Waals surface area contributed by atoms with Crippen molar-refractivity contribution in [1.82, 2.24) is 10.6 Å². The Bertz CT molecular complexity index is 410. The molecule has 2 unspecified atom stereocenters. The molecule has 0 aromatic carbocycles. The van der Waals surface area contributed by atoms with Crippen molar-refractivity contribution >= 4 is 23.8 Å². The summed E-state index contributed by atoms with van der Waals surface area (Å²) in [5, 5.41) is 21.6. The number of carbonyl (C=O) groups excluding carboxylic acids is 2. The molecule has 0 aliphatic rings. The van der Waals surface area contributed by atoms with Crippen LogP contribution in [-0.4, -0.2) is 52.6 Å². The maximum Gasteiger partial charge on any atom is 0.322 e. The molecule has 0 spiro atoms. The van der Waals surface area contributed by atoms with Gasteiger partial charge in [0.25, 0.3) is 0 Å². The summed E-state index contributed by atoms with van der Waals surface area (Å²) in [6.45, 7) is 2.83. The Balaban J connectivity index is 4.72. The van der Waals surface area contributed by atoms with Gasteiger partial charge in [0, 0.05) is 6.42 Å². The van der Waals surface area contributed by atoms with Crippen LogP contribution >= 0.6 is 0 Å². The number of hydrogen-bond acceptors (Lipinski definition) is 5. The minimum atomic E-state index is -1.24. The van der Waals surface area contributed by atoms with Crippen LogP contribution in [0.25, 0.3) is 0 Å². The minimum Gasteiger partial charge on any atom is -0.481 e. The monoisotopic (exact) mass is 303 g/mol. The van der Waals surface area contributed by atoms with Gasteiger partial charge in [-0.25, -0.2) is 0 Å². The summed E-state index contributed by atoms with van der Waals surface area (Å²) >= 11 is 0. The second kappa shape index (κ2) is 8.90. The van der Waals surface area contributed by atoms with Crippen LogP contribution in [-0.2, 0) is 19.2 Å². The summed E-state index contributed by atoms with van der Waals surface area (Å²) in [5.74, 6) is -3.89. The lowest BCUT2D eigenvalue weighted by atomic mass is 10.0. The van der Waals surface area contributed by atoms with Gasteiger partial charge in [-0.05, 0) is 12.3 Å². The number of carboxylic acid groups (broad SMARTS) is 2. The first-order valence-corrected chi connectivity index (χ1v) is 6.42. The van der Waals surface area contributed by atoms with Gasteiger partial charge in [-0.15, -0.1) is 0 Å². The molecule has 0 fully saturated rings. The third-order valence-electron chi connectivity index (χ3n) is 2.71. The Hall–Kier alpha value is -2.16. The lowest BCUT2D eigenvalue weighted by Gasteiger charge is -2.21. The average molecular weight is 303 g/mol. The van der Waals surface area contributed by atoms with Crippen molar-refractivity contribution in [2.24, 2.45) is 11.7 Å². The smallest absolute Gasteiger partial charge is 0.322 e. The van der Waals surface area contributed by atoms with Gasteiger partial charge in [0.15, 0.2) is 0 Å². The fourth-order valence-electron chi connectivity index (χ4n) is 1.39. The normalized spacial score (nSPS) is 13.3. The predicted molar refractivity (Wildman–Crippen MR) is 72.3 cm³/mol. The van der Waals surface area contributed by atoms with Gasteiger partial charge in [-0.2, -0.15) is 0 Å². The SMILES string of the molecule is CC(C)C(N)C(=O)NC(CCC(=O)O)C(=O)NCC(=O)O. The molecular formula is C12H21N3O6. The summed E-state index contributed by atoms with van der Waals surface area (Å²) in [4.78, 5) is 44.5. The third kappa shape index (κ3) is 7.88. The lowest BCUT2D eigenvalue weighted by molar-refractivity contribution is -0.140. The van der Waals surface area contributed by atoms with Crippen LogP contribution < -0.4 is 16.4 Å². The standard InChI is InChI=1S/C12H21N3O6/c1-6(2)10(13)12(21)15-7(3-4-8(16)17)11(20)14-5-9(18)19/h6-7,10H,3-5,13H2,1-2H3,(H,14,20)(H,15,21)(H,16,17)(H,18,19). The second-order valence-electron chi connectivity index (χ2n) is 4.87. The van der Waals surface area contributed by atoms with Gasteiger partial charge in [-0.3, -0.25) is 19.2 Å². The van der Waals surface area contributed by atoms with Crippen LogP contribution in [0.5, 0.6) is 0 Å². The zero-order valence-corrected chi connectivity index (χ0v) is 12.0. The summed E-state index contributed by atoms with van der Waals surface area (Å²) in [6.07, 6.45) is -0.500. The topological polar surface area (TPSA) is 159 Å². The number of aliphatic carboxylic acids is 2. The molecule has 21 heavy (non-hydrogen) atoms. The molecule has 2 atom stereocenters. The number of carboxylic acids is 2. The number of nitrogens with two attached hydrogens (primary N) is 1. The highest BCUT2D eigenvalue weighted by Crippen LogP contribution is 2.02. The largest absolute Gasteiger partial charge is 0.481 e. The van der Waals surface area contributed by atoms with Gasteiger partial charge in [0.2, 0.25) is 11.8 Å². The number of nitrogens with one attached hydrogen (secondary N) is 2. The van der Waals surface area contributed by atoms with Crippen molar-refractivity contribution in [1.29, 1.82) is 0 Å². The average Bonchev–Trinajstić information content (AvgIpc) is 2.38. The molecule has 0 heterocycles. The van der Waals surface area contributed by atoms with E-state index in [2.05, 4.69) is 10.6 Å². The first-order chi connectivity index (χ1) is 9.65. The maximum atomic E-state index is 11.8. The van der Waals surface area contributed by atoms with E-state index in [-0.39, 0.29) is 18.8 Å². The summed E-state index contributed by atoms with van der Waals surface area (Å²) in [7, 11) is 0. The van der Waals surface area contributed by atoms with E-state index in [9.17, 15) is 19.2 Å².